The summed E-state index contributed by atoms with van der Waals surface area (Å²) in [6.45, 7) is 1.72. The highest BCUT2D eigenvalue weighted by molar-refractivity contribution is 8.00. The molecule has 1 amide bonds. The van der Waals surface area contributed by atoms with Crippen LogP contribution in [0.1, 0.15) is 6.92 Å². The molecule has 3 rings (SSSR count). The van der Waals surface area contributed by atoms with Gasteiger partial charge in [0.15, 0.2) is 11.0 Å². The predicted molar refractivity (Wildman–Crippen MR) is 99.6 cm³/mol. The Kier molecular flexibility index (Phi) is 5.53. The highest BCUT2D eigenvalue weighted by Gasteiger charge is 2.20. The number of hydrogen-bond donors (Lipinski definition) is 1. The first-order chi connectivity index (χ1) is 12.5. The van der Waals surface area contributed by atoms with Crippen LogP contribution < -0.4 is 5.32 Å². The van der Waals surface area contributed by atoms with Gasteiger partial charge in [-0.15, -0.1) is 10.2 Å². The van der Waals surface area contributed by atoms with Crippen molar-refractivity contribution < 1.29 is 9.18 Å². The molecule has 0 unspecified atom stereocenters. The Hall–Kier alpha value is -2.45. The number of rotatable bonds is 5. The number of halogens is 2. The first-order valence-corrected chi connectivity index (χ1v) is 8.94. The third kappa shape index (κ3) is 4.03. The van der Waals surface area contributed by atoms with Gasteiger partial charge in [0.05, 0.1) is 10.9 Å². The molecule has 2 aromatic heterocycles. The first-order valence-electron chi connectivity index (χ1n) is 7.68. The summed E-state index contributed by atoms with van der Waals surface area (Å²) in [5.74, 6) is -0.252. The van der Waals surface area contributed by atoms with Gasteiger partial charge in [-0.1, -0.05) is 23.4 Å². The summed E-state index contributed by atoms with van der Waals surface area (Å²) < 4.78 is 15.6. The summed E-state index contributed by atoms with van der Waals surface area (Å²) in [7, 11) is 1.82. The lowest BCUT2D eigenvalue weighted by molar-refractivity contribution is -0.115. The van der Waals surface area contributed by atoms with E-state index in [4.69, 9.17) is 11.6 Å². The van der Waals surface area contributed by atoms with Crippen molar-refractivity contribution >= 4 is 35.0 Å². The van der Waals surface area contributed by atoms with Gasteiger partial charge in [0.1, 0.15) is 5.82 Å². The van der Waals surface area contributed by atoms with Gasteiger partial charge in [-0.3, -0.25) is 9.78 Å². The second-order valence-electron chi connectivity index (χ2n) is 5.47. The van der Waals surface area contributed by atoms with E-state index < -0.39 is 11.1 Å². The number of hydrogen-bond acceptors (Lipinski definition) is 5. The van der Waals surface area contributed by atoms with Gasteiger partial charge in [-0.05, 0) is 37.3 Å². The molecule has 0 bridgehead atoms. The molecular weight excluding hydrogens is 377 g/mol. The molecular formula is C17H15ClFN5OS. The highest BCUT2D eigenvalue weighted by atomic mass is 35.5. The van der Waals surface area contributed by atoms with E-state index in [1.54, 1.807) is 23.9 Å². The normalized spacial score (nSPS) is 12.0. The van der Waals surface area contributed by atoms with Crippen molar-refractivity contribution in [1.29, 1.82) is 0 Å². The predicted octanol–water partition coefficient (Wildman–Crippen LogP) is 3.79. The lowest BCUT2D eigenvalue weighted by Crippen LogP contribution is -2.23. The number of amides is 1. The maximum atomic E-state index is 13.8. The standard InChI is InChI=1S/C17H15ClFN5OS/c1-10(16(25)21-14-4-3-12(18)9-13(14)19)26-17-23-22-15(24(17)2)11-5-7-20-8-6-11/h3-10H,1-2H3,(H,21,25)/t10-/m0/s1. The number of carbonyl (C=O) groups excluding carboxylic acids is 1. The summed E-state index contributed by atoms with van der Waals surface area (Å²) in [5, 5.41) is 11.2. The van der Waals surface area contributed by atoms with E-state index in [2.05, 4.69) is 20.5 Å². The minimum Gasteiger partial charge on any atom is -0.323 e. The molecule has 1 N–H and O–H groups in total. The Labute approximate surface area is 158 Å². The average molecular weight is 392 g/mol. The fourth-order valence-electron chi connectivity index (χ4n) is 2.21. The molecule has 0 fully saturated rings. The number of aromatic nitrogens is 4. The number of nitrogens with zero attached hydrogens (tertiary/aromatic N) is 4. The van der Waals surface area contributed by atoms with Crippen LogP contribution in [-0.4, -0.2) is 30.9 Å². The van der Waals surface area contributed by atoms with Crippen molar-refractivity contribution in [1.82, 2.24) is 19.7 Å². The van der Waals surface area contributed by atoms with Crippen molar-refractivity contribution in [2.24, 2.45) is 7.05 Å². The minimum atomic E-state index is -0.582. The van der Waals surface area contributed by atoms with Crippen LogP contribution in [0.5, 0.6) is 0 Å². The van der Waals surface area contributed by atoms with Gasteiger partial charge in [0.25, 0.3) is 0 Å². The lowest BCUT2D eigenvalue weighted by atomic mass is 10.2. The van der Waals surface area contributed by atoms with Crippen molar-refractivity contribution in [2.75, 3.05) is 5.32 Å². The molecule has 26 heavy (non-hydrogen) atoms. The van der Waals surface area contributed by atoms with E-state index in [0.717, 1.165) is 11.6 Å². The first kappa shape index (κ1) is 18.3. The van der Waals surface area contributed by atoms with Crippen LogP contribution in [-0.2, 0) is 11.8 Å². The Bertz CT molecular complexity index is 934. The van der Waals surface area contributed by atoms with Crippen LogP contribution in [0.3, 0.4) is 0 Å². The zero-order chi connectivity index (χ0) is 18.7. The number of carbonyl (C=O) groups is 1. The van der Waals surface area contributed by atoms with Crippen molar-refractivity contribution in [2.45, 2.75) is 17.3 Å². The largest absolute Gasteiger partial charge is 0.323 e. The molecule has 0 aliphatic carbocycles. The quantitative estimate of drug-likeness (QED) is 0.670. The van der Waals surface area contributed by atoms with Crippen molar-refractivity contribution in [3.05, 3.63) is 53.6 Å². The smallest absolute Gasteiger partial charge is 0.237 e. The van der Waals surface area contributed by atoms with Crippen molar-refractivity contribution in [3.8, 4) is 11.4 Å². The molecule has 0 aliphatic rings. The van der Waals surface area contributed by atoms with Crippen LogP contribution in [0, 0.1) is 5.82 Å². The molecule has 2 heterocycles. The zero-order valence-electron chi connectivity index (χ0n) is 14.0. The molecule has 6 nitrogen and oxygen atoms in total. The van der Waals surface area contributed by atoms with E-state index in [1.165, 1.54) is 23.9 Å². The van der Waals surface area contributed by atoms with E-state index in [-0.39, 0.29) is 16.6 Å². The van der Waals surface area contributed by atoms with Crippen LogP contribution >= 0.6 is 23.4 Å². The Morgan fingerprint density at radius 2 is 2.00 bits per heavy atom. The van der Waals surface area contributed by atoms with Gasteiger partial charge < -0.3 is 9.88 Å². The van der Waals surface area contributed by atoms with Gasteiger partial charge >= 0.3 is 0 Å². The third-order valence-electron chi connectivity index (χ3n) is 3.61. The van der Waals surface area contributed by atoms with Gasteiger partial charge in [0.2, 0.25) is 5.91 Å². The molecule has 0 saturated carbocycles. The molecule has 0 saturated heterocycles. The molecule has 0 radical (unpaired) electrons. The number of benzene rings is 1. The Morgan fingerprint density at radius 1 is 1.27 bits per heavy atom. The van der Waals surface area contributed by atoms with Gasteiger partial charge in [-0.2, -0.15) is 0 Å². The van der Waals surface area contributed by atoms with Crippen molar-refractivity contribution in [3.63, 3.8) is 0 Å². The topological polar surface area (TPSA) is 72.7 Å². The third-order valence-corrected chi connectivity index (χ3v) is 4.98. The van der Waals surface area contributed by atoms with Crippen LogP contribution in [0.15, 0.2) is 47.9 Å². The fraction of sp³-hybridized carbons (Fsp3) is 0.176. The number of anilines is 1. The van der Waals surface area contributed by atoms with Gasteiger partial charge in [-0.25, -0.2) is 4.39 Å². The second-order valence-corrected chi connectivity index (χ2v) is 7.22. The Balaban J connectivity index is 1.71. The maximum Gasteiger partial charge on any atom is 0.237 e. The summed E-state index contributed by atoms with van der Waals surface area (Å²) >= 11 is 6.95. The van der Waals surface area contributed by atoms with Crippen LogP contribution in [0.25, 0.3) is 11.4 Å². The molecule has 1 atom stereocenters. The molecule has 9 heteroatoms. The van der Waals surface area contributed by atoms with Gasteiger partial charge in [0, 0.05) is 30.0 Å². The van der Waals surface area contributed by atoms with E-state index in [0.29, 0.717) is 11.0 Å². The van der Waals surface area contributed by atoms with Crippen LogP contribution in [0.2, 0.25) is 5.02 Å². The Morgan fingerprint density at radius 3 is 2.69 bits per heavy atom. The minimum absolute atomic E-state index is 0.0855. The zero-order valence-corrected chi connectivity index (χ0v) is 15.6. The SMILES string of the molecule is C[C@H](Sc1nnc(-c2ccncc2)n1C)C(=O)Nc1ccc(Cl)cc1F. The second kappa shape index (κ2) is 7.84. The average Bonchev–Trinajstić information content (AvgIpc) is 2.98. The molecule has 134 valence electrons. The molecule has 3 aromatic rings. The monoisotopic (exact) mass is 391 g/mol. The molecule has 0 aliphatic heterocycles. The van der Waals surface area contributed by atoms with E-state index in [1.807, 2.05) is 19.2 Å². The van der Waals surface area contributed by atoms with Crippen LogP contribution in [0.4, 0.5) is 10.1 Å². The highest BCUT2D eigenvalue weighted by Crippen LogP contribution is 2.26. The van der Waals surface area contributed by atoms with E-state index >= 15 is 0 Å². The molecule has 0 spiro atoms. The summed E-state index contributed by atoms with van der Waals surface area (Å²) in [4.78, 5) is 16.3. The molecule has 1 aromatic carbocycles. The number of nitrogens with one attached hydrogen (secondary N) is 1. The number of pyridine rings is 1. The maximum absolute atomic E-state index is 13.8. The summed E-state index contributed by atoms with van der Waals surface area (Å²) in [6, 6.07) is 7.76. The lowest BCUT2D eigenvalue weighted by Gasteiger charge is -2.12. The van der Waals surface area contributed by atoms with E-state index in [9.17, 15) is 9.18 Å². The summed E-state index contributed by atoms with van der Waals surface area (Å²) in [6.07, 6.45) is 3.35. The number of thioether (sulfide) groups is 1. The summed E-state index contributed by atoms with van der Waals surface area (Å²) in [5.41, 5.74) is 0.962. The fourth-order valence-corrected chi connectivity index (χ4v) is 3.18.